The molecule has 0 aromatic rings. The van der Waals surface area contributed by atoms with Crippen LogP contribution >= 0.6 is 11.8 Å². The second-order valence-electron chi connectivity index (χ2n) is 4.47. The van der Waals surface area contributed by atoms with Crippen LogP contribution in [-0.2, 0) is 9.84 Å². The van der Waals surface area contributed by atoms with Crippen LogP contribution < -0.4 is 5.32 Å². The van der Waals surface area contributed by atoms with Gasteiger partial charge in [-0.1, -0.05) is 13.8 Å². The van der Waals surface area contributed by atoms with Gasteiger partial charge in [-0.15, -0.1) is 0 Å². The Kier molecular flexibility index (Phi) is 6.98. The summed E-state index contributed by atoms with van der Waals surface area (Å²) in [5.74, 6) is 0.213. The maximum Gasteiger partial charge on any atom is 0.148 e. The lowest BCUT2D eigenvalue weighted by Gasteiger charge is -2.31. The van der Waals surface area contributed by atoms with Crippen LogP contribution in [0.1, 0.15) is 33.6 Å². The van der Waals surface area contributed by atoms with Crippen molar-refractivity contribution in [2.75, 3.05) is 24.8 Å². The van der Waals surface area contributed by atoms with Crippen molar-refractivity contribution >= 4 is 21.6 Å². The van der Waals surface area contributed by atoms with E-state index >= 15 is 0 Å². The van der Waals surface area contributed by atoms with Gasteiger partial charge in [0.25, 0.3) is 0 Å². The summed E-state index contributed by atoms with van der Waals surface area (Å²) >= 11 is 1.87. The monoisotopic (exact) mass is 267 g/mol. The highest BCUT2D eigenvalue weighted by Gasteiger charge is 2.25. The number of hydrogen-bond acceptors (Lipinski definition) is 4. The van der Waals surface area contributed by atoms with Crippen LogP contribution in [0.3, 0.4) is 0 Å². The zero-order chi connectivity index (χ0) is 12.8. The molecule has 0 heterocycles. The Balaban J connectivity index is 4.21. The summed E-state index contributed by atoms with van der Waals surface area (Å²) in [5, 5.41) is 3.33. The third-order valence-corrected chi connectivity index (χ3v) is 5.74. The molecule has 0 aromatic heterocycles. The Bertz CT molecular complexity index is 276. The molecule has 0 fully saturated rings. The Morgan fingerprint density at radius 1 is 1.31 bits per heavy atom. The highest BCUT2D eigenvalue weighted by molar-refractivity contribution is 8.00. The Hall–Kier alpha value is 0.260. The molecule has 0 saturated heterocycles. The minimum Gasteiger partial charge on any atom is -0.312 e. The van der Waals surface area contributed by atoms with Gasteiger partial charge in [0.05, 0.1) is 5.75 Å². The van der Waals surface area contributed by atoms with Crippen molar-refractivity contribution in [3.8, 4) is 0 Å². The summed E-state index contributed by atoms with van der Waals surface area (Å²) < 4.78 is 22.5. The van der Waals surface area contributed by atoms with Crippen molar-refractivity contribution in [1.82, 2.24) is 5.32 Å². The first-order chi connectivity index (χ1) is 7.28. The molecule has 16 heavy (non-hydrogen) atoms. The van der Waals surface area contributed by atoms with Crippen LogP contribution in [0, 0.1) is 0 Å². The molecule has 1 unspecified atom stereocenters. The van der Waals surface area contributed by atoms with Gasteiger partial charge in [-0.05, 0) is 26.0 Å². The van der Waals surface area contributed by atoms with E-state index in [0.717, 1.165) is 19.4 Å². The van der Waals surface area contributed by atoms with E-state index in [1.165, 1.54) is 6.26 Å². The van der Waals surface area contributed by atoms with Crippen LogP contribution in [0.15, 0.2) is 0 Å². The van der Waals surface area contributed by atoms with Gasteiger partial charge in [0.15, 0.2) is 0 Å². The average Bonchev–Trinajstić information content (AvgIpc) is 2.18. The molecule has 0 aliphatic rings. The van der Waals surface area contributed by atoms with Gasteiger partial charge in [-0.2, -0.15) is 11.8 Å². The number of hydrogen-bond donors (Lipinski definition) is 1. The van der Waals surface area contributed by atoms with E-state index in [9.17, 15) is 8.42 Å². The highest BCUT2D eigenvalue weighted by atomic mass is 32.2. The second kappa shape index (κ2) is 6.87. The lowest BCUT2D eigenvalue weighted by Crippen LogP contribution is -2.43. The second-order valence-corrected chi connectivity index (χ2v) is 7.93. The molecule has 0 spiro atoms. The maximum absolute atomic E-state index is 11.1. The Morgan fingerprint density at radius 2 is 1.81 bits per heavy atom. The van der Waals surface area contributed by atoms with Crippen LogP contribution in [0.25, 0.3) is 0 Å². The van der Waals surface area contributed by atoms with Gasteiger partial charge in [0.1, 0.15) is 9.84 Å². The van der Waals surface area contributed by atoms with Gasteiger partial charge in [-0.25, -0.2) is 8.42 Å². The quantitative estimate of drug-likeness (QED) is 0.730. The first-order valence-electron chi connectivity index (χ1n) is 5.75. The molecule has 0 aliphatic carbocycles. The molecule has 0 saturated carbocycles. The molecular formula is C11H25NO2S2. The smallest absolute Gasteiger partial charge is 0.148 e. The SMILES string of the molecule is CCC(CC)(CNC(C)CS(C)(=O)=O)SC. The fourth-order valence-electron chi connectivity index (χ4n) is 1.73. The molecular weight excluding hydrogens is 242 g/mol. The summed E-state index contributed by atoms with van der Waals surface area (Å²) in [6.45, 7) is 7.17. The van der Waals surface area contributed by atoms with E-state index in [0.29, 0.717) is 0 Å². The first kappa shape index (κ1) is 16.3. The summed E-state index contributed by atoms with van der Waals surface area (Å²) in [5.41, 5.74) is 0. The lowest BCUT2D eigenvalue weighted by atomic mass is 10.0. The van der Waals surface area contributed by atoms with E-state index in [2.05, 4.69) is 25.4 Å². The van der Waals surface area contributed by atoms with Crippen molar-refractivity contribution in [3.63, 3.8) is 0 Å². The number of sulfone groups is 1. The topological polar surface area (TPSA) is 46.2 Å². The predicted octanol–water partition coefficient (Wildman–Crippen LogP) is 1.93. The molecule has 0 aliphatic heterocycles. The fourth-order valence-corrected chi connectivity index (χ4v) is 3.57. The molecule has 1 N–H and O–H groups in total. The molecule has 1 atom stereocenters. The molecule has 0 aromatic carbocycles. The van der Waals surface area contributed by atoms with Crippen molar-refractivity contribution in [2.24, 2.45) is 0 Å². The summed E-state index contributed by atoms with van der Waals surface area (Å²) in [4.78, 5) is 0. The molecule has 0 rings (SSSR count). The first-order valence-corrected chi connectivity index (χ1v) is 9.03. The number of rotatable bonds is 8. The molecule has 0 bridgehead atoms. The van der Waals surface area contributed by atoms with E-state index in [1.807, 2.05) is 18.7 Å². The predicted molar refractivity (Wildman–Crippen MR) is 74.0 cm³/mol. The Morgan fingerprint density at radius 3 is 2.12 bits per heavy atom. The fraction of sp³-hybridized carbons (Fsp3) is 1.00. The minimum atomic E-state index is -2.88. The van der Waals surface area contributed by atoms with Crippen LogP contribution in [0.2, 0.25) is 0 Å². The Labute approximate surface area is 105 Å². The van der Waals surface area contributed by atoms with E-state index in [4.69, 9.17) is 0 Å². The summed E-state index contributed by atoms with van der Waals surface area (Å²) in [6, 6.07) is 0.0274. The van der Waals surface area contributed by atoms with Gasteiger partial charge < -0.3 is 5.32 Å². The van der Waals surface area contributed by atoms with E-state index in [1.54, 1.807) is 0 Å². The van der Waals surface area contributed by atoms with Gasteiger partial charge in [-0.3, -0.25) is 0 Å². The number of thioether (sulfide) groups is 1. The molecule has 5 heteroatoms. The van der Waals surface area contributed by atoms with Gasteiger partial charge >= 0.3 is 0 Å². The normalized spacial score (nSPS) is 15.1. The van der Waals surface area contributed by atoms with Crippen molar-refractivity contribution in [2.45, 2.75) is 44.4 Å². The minimum absolute atomic E-state index is 0.0274. The zero-order valence-corrected chi connectivity index (χ0v) is 12.7. The van der Waals surface area contributed by atoms with E-state index in [-0.39, 0.29) is 16.5 Å². The molecule has 3 nitrogen and oxygen atoms in total. The summed E-state index contributed by atoms with van der Waals surface area (Å²) in [6.07, 6.45) is 5.61. The number of nitrogens with one attached hydrogen (secondary N) is 1. The summed E-state index contributed by atoms with van der Waals surface area (Å²) in [7, 11) is -2.88. The molecule has 98 valence electrons. The third kappa shape index (κ3) is 6.11. The van der Waals surface area contributed by atoms with Crippen molar-refractivity contribution in [1.29, 1.82) is 0 Å². The average molecular weight is 267 g/mol. The maximum atomic E-state index is 11.1. The van der Waals surface area contributed by atoms with Crippen LogP contribution in [-0.4, -0.2) is 44.0 Å². The van der Waals surface area contributed by atoms with Crippen molar-refractivity contribution < 1.29 is 8.42 Å². The van der Waals surface area contributed by atoms with Crippen LogP contribution in [0.4, 0.5) is 0 Å². The van der Waals surface area contributed by atoms with Gasteiger partial charge in [0, 0.05) is 23.6 Å². The largest absolute Gasteiger partial charge is 0.312 e. The highest BCUT2D eigenvalue weighted by Crippen LogP contribution is 2.29. The van der Waals surface area contributed by atoms with Crippen LogP contribution in [0.5, 0.6) is 0 Å². The lowest BCUT2D eigenvalue weighted by molar-refractivity contribution is 0.464. The van der Waals surface area contributed by atoms with Crippen molar-refractivity contribution in [3.05, 3.63) is 0 Å². The standard InChI is InChI=1S/C11H25NO2S2/c1-6-11(7-2,15-4)9-12-10(3)8-16(5,13)14/h10,12H,6-9H2,1-5H3. The van der Waals surface area contributed by atoms with E-state index < -0.39 is 9.84 Å². The zero-order valence-electron chi connectivity index (χ0n) is 11.0. The molecule has 0 radical (unpaired) electrons. The van der Waals surface area contributed by atoms with Gasteiger partial charge in [0.2, 0.25) is 0 Å². The molecule has 0 amide bonds. The third-order valence-electron chi connectivity index (χ3n) is 3.05.